The molecule has 0 aliphatic heterocycles. The smallest absolute Gasteiger partial charge is 0.313 e. The van der Waals surface area contributed by atoms with E-state index in [9.17, 15) is 4.79 Å². The predicted octanol–water partition coefficient (Wildman–Crippen LogP) is 3.92. The van der Waals surface area contributed by atoms with Gasteiger partial charge in [-0.2, -0.15) is 0 Å². The van der Waals surface area contributed by atoms with Gasteiger partial charge in [0.25, 0.3) is 0 Å². The first-order valence-electron chi connectivity index (χ1n) is 5.89. The molecule has 0 saturated carbocycles. The summed E-state index contributed by atoms with van der Waals surface area (Å²) in [4.78, 5) is 15.0. The average Bonchev–Trinajstić information content (AvgIpc) is 2.79. The molecule has 20 heavy (non-hydrogen) atoms. The number of aromatic nitrogens is 2. The summed E-state index contributed by atoms with van der Waals surface area (Å²) in [7, 11) is 0. The van der Waals surface area contributed by atoms with Gasteiger partial charge in [-0.25, -0.2) is 4.98 Å². The predicted molar refractivity (Wildman–Crippen MR) is 81.3 cm³/mol. The second-order valence-electron chi connectivity index (χ2n) is 4.00. The molecule has 0 saturated heterocycles. The molecule has 0 bridgehead atoms. The maximum Gasteiger partial charge on any atom is 0.313 e. The summed E-state index contributed by atoms with van der Waals surface area (Å²) < 4.78 is 1.87. The van der Waals surface area contributed by atoms with Crippen molar-refractivity contribution in [3.05, 3.63) is 40.1 Å². The van der Waals surface area contributed by atoms with Crippen molar-refractivity contribution in [2.24, 2.45) is 0 Å². The highest BCUT2D eigenvalue weighted by Gasteiger charge is 2.15. The number of hydrogen-bond acceptors (Lipinski definition) is 3. The summed E-state index contributed by atoms with van der Waals surface area (Å²) in [6.45, 7) is 2.00. The molecule has 0 fully saturated rings. The zero-order valence-electron chi connectivity index (χ0n) is 10.6. The van der Waals surface area contributed by atoms with Crippen LogP contribution in [-0.2, 0) is 11.2 Å². The van der Waals surface area contributed by atoms with Gasteiger partial charge < -0.3 is 5.11 Å². The van der Waals surface area contributed by atoms with Gasteiger partial charge in [0.1, 0.15) is 0 Å². The fourth-order valence-corrected chi connectivity index (χ4v) is 2.98. The van der Waals surface area contributed by atoms with Crippen LogP contribution in [0.15, 0.2) is 29.6 Å². The molecule has 0 aliphatic carbocycles. The Kier molecular flexibility index (Phi) is 4.96. The molecule has 0 unspecified atom stereocenters. The number of aliphatic carboxylic acids is 1. The van der Waals surface area contributed by atoms with Crippen LogP contribution < -0.4 is 0 Å². The van der Waals surface area contributed by atoms with E-state index in [-0.39, 0.29) is 5.75 Å². The monoisotopic (exact) mass is 330 g/mol. The highest BCUT2D eigenvalue weighted by atomic mass is 35.5. The number of carboxylic acid groups (broad SMARTS) is 1. The lowest BCUT2D eigenvalue weighted by Gasteiger charge is -2.12. The Bertz CT molecular complexity index is 643. The van der Waals surface area contributed by atoms with Gasteiger partial charge >= 0.3 is 5.97 Å². The van der Waals surface area contributed by atoms with Gasteiger partial charge in [-0.3, -0.25) is 9.36 Å². The summed E-state index contributed by atoms with van der Waals surface area (Å²) in [5, 5.41) is 10.4. The Labute approximate surface area is 130 Å². The maximum absolute atomic E-state index is 10.7. The third-order valence-electron chi connectivity index (χ3n) is 2.64. The normalized spacial score (nSPS) is 10.8. The Morgan fingerprint density at radius 3 is 2.80 bits per heavy atom. The number of rotatable bonds is 5. The minimum atomic E-state index is -0.884. The molecule has 0 atom stereocenters. The van der Waals surface area contributed by atoms with Gasteiger partial charge in [0.05, 0.1) is 16.5 Å². The van der Waals surface area contributed by atoms with E-state index in [0.29, 0.717) is 15.2 Å². The summed E-state index contributed by atoms with van der Waals surface area (Å²) >= 11 is 13.3. The molecule has 2 rings (SSSR count). The fourth-order valence-electron chi connectivity index (χ4n) is 1.77. The topological polar surface area (TPSA) is 55.1 Å². The first-order chi connectivity index (χ1) is 9.52. The first-order valence-corrected chi connectivity index (χ1v) is 7.63. The second kappa shape index (κ2) is 6.52. The van der Waals surface area contributed by atoms with Crippen molar-refractivity contribution < 1.29 is 9.90 Å². The molecule has 7 heteroatoms. The minimum Gasteiger partial charge on any atom is -0.481 e. The van der Waals surface area contributed by atoms with Crippen LogP contribution in [0.25, 0.3) is 5.69 Å². The van der Waals surface area contributed by atoms with Crippen LogP contribution in [0.4, 0.5) is 0 Å². The summed E-state index contributed by atoms with van der Waals surface area (Å²) in [6.07, 6.45) is 2.49. The van der Waals surface area contributed by atoms with Crippen molar-refractivity contribution in [1.29, 1.82) is 0 Å². The van der Waals surface area contributed by atoms with Crippen LogP contribution >= 0.6 is 35.0 Å². The van der Waals surface area contributed by atoms with E-state index < -0.39 is 5.97 Å². The molecular weight excluding hydrogens is 319 g/mol. The molecule has 1 N–H and O–H groups in total. The Hall–Kier alpha value is -1.17. The quantitative estimate of drug-likeness (QED) is 0.844. The standard InChI is InChI=1S/C13H12Cl2N2O2S/c1-2-9-6-16-13(20-7-12(18)19)17(9)11-4-3-8(14)5-10(11)15/h3-6H,2,7H2,1H3,(H,18,19). The van der Waals surface area contributed by atoms with Crippen molar-refractivity contribution in [2.45, 2.75) is 18.5 Å². The average molecular weight is 331 g/mol. The number of carboxylic acids is 1. The fraction of sp³-hybridized carbons (Fsp3) is 0.231. The molecule has 1 aromatic heterocycles. The second-order valence-corrected chi connectivity index (χ2v) is 5.79. The van der Waals surface area contributed by atoms with E-state index in [1.54, 1.807) is 24.4 Å². The number of benzene rings is 1. The van der Waals surface area contributed by atoms with E-state index in [1.165, 1.54) is 0 Å². The Morgan fingerprint density at radius 1 is 1.45 bits per heavy atom. The first kappa shape index (κ1) is 15.2. The molecule has 0 radical (unpaired) electrons. The highest BCUT2D eigenvalue weighted by molar-refractivity contribution is 7.99. The van der Waals surface area contributed by atoms with Crippen molar-refractivity contribution in [1.82, 2.24) is 9.55 Å². The molecule has 4 nitrogen and oxygen atoms in total. The van der Waals surface area contributed by atoms with Crippen LogP contribution in [0.1, 0.15) is 12.6 Å². The maximum atomic E-state index is 10.7. The number of hydrogen-bond donors (Lipinski definition) is 1. The number of thioether (sulfide) groups is 1. The van der Waals surface area contributed by atoms with Crippen LogP contribution in [0.3, 0.4) is 0 Å². The third-order valence-corrected chi connectivity index (χ3v) is 4.12. The van der Waals surface area contributed by atoms with E-state index in [4.69, 9.17) is 28.3 Å². The summed E-state index contributed by atoms with van der Waals surface area (Å²) in [6, 6.07) is 5.20. The summed E-state index contributed by atoms with van der Waals surface area (Å²) in [5.41, 5.74) is 1.71. The number of carbonyl (C=O) groups is 1. The van der Waals surface area contributed by atoms with E-state index in [1.807, 2.05) is 11.5 Å². The van der Waals surface area contributed by atoms with Gasteiger partial charge in [-0.1, -0.05) is 41.9 Å². The van der Waals surface area contributed by atoms with E-state index >= 15 is 0 Å². The van der Waals surface area contributed by atoms with Crippen LogP contribution in [0, 0.1) is 0 Å². The number of aryl methyl sites for hydroxylation is 1. The lowest BCUT2D eigenvalue weighted by molar-refractivity contribution is -0.133. The van der Waals surface area contributed by atoms with Crippen LogP contribution in [0.5, 0.6) is 0 Å². The van der Waals surface area contributed by atoms with Gasteiger partial charge in [0.15, 0.2) is 5.16 Å². The lowest BCUT2D eigenvalue weighted by atomic mass is 10.3. The highest BCUT2D eigenvalue weighted by Crippen LogP contribution is 2.30. The molecule has 2 aromatic rings. The van der Waals surface area contributed by atoms with Crippen molar-refractivity contribution in [3.8, 4) is 5.69 Å². The van der Waals surface area contributed by atoms with Gasteiger partial charge in [0, 0.05) is 16.9 Å². The molecular formula is C13H12Cl2N2O2S. The molecule has 1 aromatic carbocycles. The van der Waals surface area contributed by atoms with Crippen molar-refractivity contribution >= 4 is 40.9 Å². The van der Waals surface area contributed by atoms with Gasteiger partial charge in [-0.05, 0) is 24.6 Å². The van der Waals surface area contributed by atoms with Gasteiger partial charge in [0.2, 0.25) is 0 Å². The molecule has 0 spiro atoms. The number of halogens is 2. The minimum absolute atomic E-state index is 0.0502. The molecule has 0 amide bonds. The zero-order chi connectivity index (χ0) is 14.7. The Morgan fingerprint density at radius 2 is 2.20 bits per heavy atom. The van der Waals surface area contributed by atoms with Crippen LogP contribution in [-0.4, -0.2) is 26.4 Å². The number of nitrogens with zero attached hydrogens (tertiary/aromatic N) is 2. The van der Waals surface area contributed by atoms with E-state index in [2.05, 4.69) is 4.98 Å². The Balaban J connectivity index is 2.47. The van der Waals surface area contributed by atoms with Gasteiger partial charge in [-0.15, -0.1) is 0 Å². The van der Waals surface area contributed by atoms with E-state index in [0.717, 1.165) is 29.6 Å². The largest absolute Gasteiger partial charge is 0.481 e. The molecule has 106 valence electrons. The van der Waals surface area contributed by atoms with Crippen LogP contribution in [0.2, 0.25) is 10.0 Å². The zero-order valence-corrected chi connectivity index (χ0v) is 13.0. The summed E-state index contributed by atoms with van der Waals surface area (Å²) in [5.74, 6) is -0.935. The lowest BCUT2D eigenvalue weighted by Crippen LogP contribution is -2.04. The van der Waals surface area contributed by atoms with Crippen molar-refractivity contribution in [3.63, 3.8) is 0 Å². The SMILES string of the molecule is CCc1cnc(SCC(=O)O)n1-c1ccc(Cl)cc1Cl. The molecule has 0 aliphatic rings. The molecule has 1 heterocycles. The van der Waals surface area contributed by atoms with Crippen molar-refractivity contribution in [2.75, 3.05) is 5.75 Å². The third kappa shape index (κ3) is 3.29. The number of imidazole rings is 1.